The zero-order chi connectivity index (χ0) is 16.0. The Labute approximate surface area is 131 Å². The van der Waals surface area contributed by atoms with Crippen LogP contribution in [0, 0.1) is 6.92 Å². The van der Waals surface area contributed by atoms with Crippen LogP contribution in [0.25, 0.3) is 0 Å². The van der Waals surface area contributed by atoms with Crippen LogP contribution in [0.15, 0.2) is 45.9 Å². The van der Waals surface area contributed by atoms with Crippen LogP contribution in [-0.2, 0) is 16.6 Å². The van der Waals surface area contributed by atoms with E-state index in [0.717, 1.165) is 18.4 Å². The van der Waals surface area contributed by atoms with Crippen molar-refractivity contribution in [1.29, 1.82) is 0 Å². The number of benzene rings is 1. The van der Waals surface area contributed by atoms with E-state index in [1.54, 1.807) is 24.3 Å². The molecule has 0 saturated heterocycles. The lowest BCUT2D eigenvalue weighted by atomic mass is 10.2. The van der Waals surface area contributed by atoms with Crippen LogP contribution in [0.3, 0.4) is 0 Å². The highest BCUT2D eigenvalue weighted by Crippen LogP contribution is 2.25. The molecule has 1 aromatic carbocycles. The molecule has 0 saturated carbocycles. The second-order valence-electron chi connectivity index (χ2n) is 5.06. The largest absolute Gasteiger partial charge is 0.492 e. The Kier molecular flexibility index (Phi) is 5.63. The lowest BCUT2D eigenvalue weighted by Crippen LogP contribution is -2.24. The van der Waals surface area contributed by atoms with Gasteiger partial charge in [-0.2, -0.15) is 0 Å². The van der Waals surface area contributed by atoms with Crippen molar-refractivity contribution in [2.75, 3.05) is 6.61 Å². The zero-order valence-electron chi connectivity index (χ0n) is 12.8. The smallest absolute Gasteiger partial charge is 0.244 e. The first-order valence-corrected chi connectivity index (χ1v) is 8.76. The zero-order valence-corrected chi connectivity index (χ0v) is 13.7. The van der Waals surface area contributed by atoms with Gasteiger partial charge in [-0.25, -0.2) is 13.1 Å². The molecule has 0 aliphatic carbocycles. The van der Waals surface area contributed by atoms with Crippen molar-refractivity contribution in [2.45, 2.75) is 38.1 Å². The Bertz CT molecular complexity index is 693. The fourth-order valence-corrected chi connectivity index (χ4v) is 3.15. The molecule has 0 amide bonds. The topological polar surface area (TPSA) is 68.5 Å². The molecule has 0 radical (unpaired) electrons. The summed E-state index contributed by atoms with van der Waals surface area (Å²) >= 11 is 0. The minimum Gasteiger partial charge on any atom is -0.492 e. The minimum atomic E-state index is -3.66. The van der Waals surface area contributed by atoms with Gasteiger partial charge < -0.3 is 9.15 Å². The van der Waals surface area contributed by atoms with Gasteiger partial charge in [0.2, 0.25) is 10.0 Å². The van der Waals surface area contributed by atoms with Crippen LogP contribution in [0.4, 0.5) is 0 Å². The number of sulfonamides is 1. The molecule has 1 N–H and O–H groups in total. The third-order valence-electron chi connectivity index (χ3n) is 3.16. The van der Waals surface area contributed by atoms with Crippen molar-refractivity contribution in [3.05, 3.63) is 47.9 Å². The molecule has 0 atom stereocenters. The molecular formula is C16H21NO4S. The van der Waals surface area contributed by atoms with E-state index in [1.807, 2.05) is 13.0 Å². The van der Waals surface area contributed by atoms with E-state index in [0.29, 0.717) is 18.1 Å². The Morgan fingerprint density at radius 3 is 2.77 bits per heavy atom. The number of hydrogen-bond donors (Lipinski definition) is 1. The van der Waals surface area contributed by atoms with Gasteiger partial charge in [-0.05, 0) is 43.2 Å². The monoisotopic (exact) mass is 323 g/mol. The summed E-state index contributed by atoms with van der Waals surface area (Å²) in [5, 5.41) is 0. The summed E-state index contributed by atoms with van der Waals surface area (Å²) < 4.78 is 38.3. The van der Waals surface area contributed by atoms with Gasteiger partial charge in [-0.3, -0.25) is 0 Å². The Morgan fingerprint density at radius 2 is 2.09 bits per heavy atom. The van der Waals surface area contributed by atoms with Gasteiger partial charge in [0.05, 0.1) is 19.4 Å². The van der Waals surface area contributed by atoms with Gasteiger partial charge in [0, 0.05) is 0 Å². The maximum Gasteiger partial charge on any atom is 0.244 e. The van der Waals surface area contributed by atoms with Gasteiger partial charge in [0.1, 0.15) is 16.4 Å². The van der Waals surface area contributed by atoms with Gasteiger partial charge in [0.15, 0.2) is 0 Å². The number of aryl methyl sites for hydroxylation is 1. The van der Waals surface area contributed by atoms with Crippen molar-refractivity contribution >= 4 is 10.0 Å². The van der Waals surface area contributed by atoms with Crippen LogP contribution in [0.5, 0.6) is 5.75 Å². The molecular weight excluding hydrogens is 302 g/mol. The van der Waals surface area contributed by atoms with E-state index in [1.165, 1.54) is 6.26 Å². The Morgan fingerprint density at radius 1 is 1.27 bits per heavy atom. The summed E-state index contributed by atoms with van der Waals surface area (Å²) in [4.78, 5) is 0.162. The number of hydrogen-bond acceptors (Lipinski definition) is 4. The van der Waals surface area contributed by atoms with Crippen LogP contribution in [0.2, 0.25) is 0 Å². The van der Waals surface area contributed by atoms with E-state index in [4.69, 9.17) is 9.15 Å². The molecule has 2 aromatic rings. The molecule has 0 spiro atoms. The average molecular weight is 323 g/mol. The van der Waals surface area contributed by atoms with Crippen molar-refractivity contribution < 1.29 is 17.6 Å². The van der Waals surface area contributed by atoms with Crippen molar-refractivity contribution in [1.82, 2.24) is 4.72 Å². The van der Waals surface area contributed by atoms with E-state index in [-0.39, 0.29) is 11.4 Å². The molecule has 1 heterocycles. The van der Waals surface area contributed by atoms with Gasteiger partial charge >= 0.3 is 0 Å². The predicted molar refractivity (Wildman–Crippen MR) is 84.3 cm³/mol. The van der Waals surface area contributed by atoms with Crippen LogP contribution < -0.4 is 9.46 Å². The van der Waals surface area contributed by atoms with Crippen LogP contribution in [-0.4, -0.2) is 15.0 Å². The van der Waals surface area contributed by atoms with Crippen LogP contribution >= 0.6 is 0 Å². The maximum absolute atomic E-state index is 12.5. The summed E-state index contributed by atoms with van der Waals surface area (Å²) in [7, 11) is -3.66. The Hall–Kier alpha value is -1.79. The average Bonchev–Trinajstić information content (AvgIpc) is 3.00. The molecule has 2 rings (SSSR count). The minimum absolute atomic E-state index is 0.109. The fourth-order valence-electron chi connectivity index (χ4n) is 1.93. The number of rotatable bonds is 8. The van der Waals surface area contributed by atoms with E-state index in [2.05, 4.69) is 11.6 Å². The van der Waals surface area contributed by atoms with Crippen molar-refractivity contribution in [3.63, 3.8) is 0 Å². The SMILES string of the molecule is CCCCOc1ccc(C)cc1S(=O)(=O)NCc1ccco1. The fraction of sp³-hybridized carbons (Fsp3) is 0.375. The molecule has 22 heavy (non-hydrogen) atoms. The van der Waals surface area contributed by atoms with E-state index < -0.39 is 10.0 Å². The second-order valence-corrected chi connectivity index (χ2v) is 6.79. The first-order valence-electron chi connectivity index (χ1n) is 7.28. The maximum atomic E-state index is 12.5. The molecule has 0 aliphatic rings. The standard InChI is InChI=1S/C16H21NO4S/c1-3-4-9-21-15-8-7-13(2)11-16(15)22(18,19)17-12-14-6-5-10-20-14/h5-8,10-11,17H,3-4,9,12H2,1-2H3. The molecule has 6 heteroatoms. The number of nitrogens with one attached hydrogen (secondary N) is 1. The first-order chi connectivity index (χ1) is 10.5. The quantitative estimate of drug-likeness (QED) is 0.757. The third kappa shape index (κ3) is 4.35. The van der Waals surface area contributed by atoms with Crippen molar-refractivity contribution in [2.24, 2.45) is 0 Å². The van der Waals surface area contributed by atoms with Gasteiger partial charge in [0.25, 0.3) is 0 Å². The summed E-state index contributed by atoms with van der Waals surface area (Å²) in [5.41, 5.74) is 0.862. The van der Waals surface area contributed by atoms with E-state index >= 15 is 0 Å². The predicted octanol–water partition coefficient (Wildman–Crippen LogP) is 3.25. The van der Waals surface area contributed by atoms with Gasteiger partial charge in [-0.15, -0.1) is 0 Å². The molecule has 5 nitrogen and oxygen atoms in total. The summed E-state index contributed by atoms with van der Waals surface area (Å²) in [5.74, 6) is 0.940. The Balaban J connectivity index is 2.18. The lowest BCUT2D eigenvalue weighted by molar-refractivity contribution is 0.301. The van der Waals surface area contributed by atoms with Crippen molar-refractivity contribution in [3.8, 4) is 5.75 Å². The molecule has 0 unspecified atom stereocenters. The third-order valence-corrected chi connectivity index (χ3v) is 4.58. The number of unbranched alkanes of at least 4 members (excludes halogenated alkanes) is 1. The molecule has 1 aromatic heterocycles. The van der Waals surface area contributed by atoms with Gasteiger partial charge in [-0.1, -0.05) is 19.4 Å². The molecule has 0 aliphatic heterocycles. The first kappa shape index (κ1) is 16.6. The molecule has 0 bridgehead atoms. The normalized spacial score (nSPS) is 11.5. The molecule has 0 fully saturated rings. The number of furan rings is 1. The van der Waals surface area contributed by atoms with E-state index in [9.17, 15) is 8.42 Å². The molecule has 120 valence electrons. The lowest BCUT2D eigenvalue weighted by Gasteiger charge is -2.13. The summed E-state index contributed by atoms with van der Waals surface area (Å²) in [6.45, 7) is 4.51. The second kappa shape index (κ2) is 7.47. The number of ether oxygens (including phenoxy) is 1. The summed E-state index contributed by atoms with van der Waals surface area (Å²) in [6, 6.07) is 8.60. The highest BCUT2D eigenvalue weighted by Gasteiger charge is 2.20. The van der Waals surface area contributed by atoms with Crippen LogP contribution in [0.1, 0.15) is 31.1 Å². The summed E-state index contributed by atoms with van der Waals surface area (Å²) in [6.07, 6.45) is 3.38. The highest BCUT2D eigenvalue weighted by molar-refractivity contribution is 7.89. The highest BCUT2D eigenvalue weighted by atomic mass is 32.2.